The first-order chi connectivity index (χ1) is 13.0. The summed E-state index contributed by atoms with van der Waals surface area (Å²) in [5, 5.41) is 9.77. The number of piperazine rings is 1. The minimum atomic E-state index is -0.688. The van der Waals surface area contributed by atoms with Crippen LogP contribution in [0.25, 0.3) is 0 Å². The van der Waals surface area contributed by atoms with Gasteiger partial charge in [-0.25, -0.2) is 4.79 Å². The number of phenols is 1. The standard InChI is InChI=1S/C21H24N2O4/c1-16-7-8-19(24)18(13-16)21(26)27-15-20(25)23-11-9-22(10-12-23)14-17-5-3-2-4-6-17/h2-8,13,24H,9-12,14-15H2,1H3. The molecule has 1 N–H and O–H groups in total. The molecule has 142 valence electrons. The smallest absolute Gasteiger partial charge is 0.342 e. The molecule has 0 bridgehead atoms. The van der Waals surface area contributed by atoms with Gasteiger partial charge in [0.2, 0.25) is 0 Å². The van der Waals surface area contributed by atoms with E-state index in [0.717, 1.165) is 25.2 Å². The predicted octanol–water partition coefficient (Wildman–Crippen LogP) is 2.20. The Hall–Kier alpha value is -2.86. The van der Waals surface area contributed by atoms with Crippen molar-refractivity contribution in [2.24, 2.45) is 0 Å². The number of carbonyl (C=O) groups is 2. The summed E-state index contributed by atoms with van der Waals surface area (Å²) < 4.78 is 5.10. The number of esters is 1. The Morgan fingerprint density at radius 1 is 1.04 bits per heavy atom. The maximum atomic E-state index is 12.3. The van der Waals surface area contributed by atoms with Crippen molar-refractivity contribution in [2.45, 2.75) is 13.5 Å². The zero-order valence-corrected chi connectivity index (χ0v) is 15.4. The molecule has 0 atom stereocenters. The van der Waals surface area contributed by atoms with E-state index < -0.39 is 5.97 Å². The first kappa shape index (κ1) is 18.9. The average Bonchev–Trinajstić information content (AvgIpc) is 2.69. The van der Waals surface area contributed by atoms with E-state index in [-0.39, 0.29) is 23.8 Å². The van der Waals surface area contributed by atoms with Crippen LogP contribution in [0.1, 0.15) is 21.5 Å². The van der Waals surface area contributed by atoms with Crippen LogP contribution in [0.3, 0.4) is 0 Å². The summed E-state index contributed by atoms with van der Waals surface area (Å²) >= 11 is 0. The van der Waals surface area contributed by atoms with Gasteiger partial charge in [0.05, 0.1) is 0 Å². The van der Waals surface area contributed by atoms with Gasteiger partial charge < -0.3 is 14.7 Å². The molecular formula is C21H24N2O4. The van der Waals surface area contributed by atoms with E-state index in [1.807, 2.05) is 25.1 Å². The van der Waals surface area contributed by atoms with Crippen LogP contribution in [0.4, 0.5) is 0 Å². The van der Waals surface area contributed by atoms with E-state index in [1.54, 1.807) is 17.0 Å². The highest BCUT2D eigenvalue weighted by molar-refractivity contribution is 5.94. The Morgan fingerprint density at radius 2 is 1.74 bits per heavy atom. The maximum absolute atomic E-state index is 12.3. The molecule has 0 aromatic heterocycles. The predicted molar refractivity (Wildman–Crippen MR) is 101 cm³/mol. The number of aryl methyl sites for hydroxylation is 1. The molecule has 2 aromatic rings. The third-order valence-electron chi connectivity index (χ3n) is 4.67. The van der Waals surface area contributed by atoms with Gasteiger partial charge in [-0.3, -0.25) is 9.69 Å². The van der Waals surface area contributed by atoms with Gasteiger partial charge in [-0.15, -0.1) is 0 Å². The second-order valence-electron chi connectivity index (χ2n) is 6.74. The van der Waals surface area contributed by atoms with E-state index in [4.69, 9.17) is 4.74 Å². The molecule has 0 aliphatic carbocycles. The molecule has 1 aliphatic rings. The number of aromatic hydroxyl groups is 1. The Morgan fingerprint density at radius 3 is 2.44 bits per heavy atom. The fraction of sp³-hybridized carbons (Fsp3) is 0.333. The van der Waals surface area contributed by atoms with E-state index in [9.17, 15) is 14.7 Å². The van der Waals surface area contributed by atoms with Crippen molar-refractivity contribution in [2.75, 3.05) is 32.8 Å². The molecule has 1 heterocycles. The van der Waals surface area contributed by atoms with E-state index in [1.165, 1.54) is 11.6 Å². The van der Waals surface area contributed by atoms with E-state index >= 15 is 0 Å². The lowest BCUT2D eigenvalue weighted by atomic mass is 10.1. The van der Waals surface area contributed by atoms with Gasteiger partial charge in [0.25, 0.3) is 5.91 Å². The number of benzene rings is 2. The molecule has 2 aromatic carbocycles. The van der Waals surface area contributed by atoms with Crippen molar-refractivity contribution in [3.8, 4) is 5.75 Å². The average molecular weight is 368 g/mol. The topological polar surface area (TPSA) is 70.1 Å². The van der Waals surface area contributed by atoms with Crippen molar-refractivity contribution in [3.05, 3.63) is 65.2 Å². The zero-order chi connectivity index (χ0) is 19.2. The van der Waals surface area contributed by atoms with Crippen molar-refractivity contribution in [3.63, 3.8) is 0 Å². The number of rotatable bonds is 5. The van der Waals surface area contributed by atoms with Crippen LogP contribution in [0, 0.1) is 6.92 Å². The summed E-state index contributed by atoms with van der Waals surface area (Å²) in [6.45, 7) is 5.16. The lowest BCUT2D eigenvalue weighted by Gasteiger charge is -2.34. The van der Waals surface area contributed by atoms with Crippen LogP contribution >= 0.6 is 0 Å². The Kier molecular flexibility index (Phi) is 6.08. The molecule has 1 saturated heterocycles. The highest BCUT2D eigenvalue weighted by Crippen LogP contribution is 2.19. The van der Waals surface area contributed by atoms with Gasteiger partial charge in [-0.1, -0.05) is 42.0 Å². The molecule has 6 nitrogen and oxygen atoms in total. The molecule has 0 unspecified atom stereocenters. The molecule has 3 rings (SSSR count). The van der Waals surface area contributed by atoms with Crippen LogP contribution in [-0.2, 0) is 16.1 Å². The summed E-state index contributed by atoms with van der Waals surface area (Å²) in [6, 6.07) is 14.9. The molecule has 0 saturated carbocycles. The fourth-order valence-corrected chi connectivity index (χ4v) is 3.11. The lowest BCUT2D eigenvalue weighted by molar-refractivity contribution is -0.136. The van der Waals surface area contributed by atoms with E-state index in [0.29, 0.717) is 13.1 Å². The Balaban J connectivity index is 1.45. The molecule has 0 radical (unpaired) electrons. The van der Waals surface area contributed by atoms with Crippen molar-refractivity contribution in [1.29, 1.82) is 0 Å². The lowest BCUT2D eigenvalue weighted by Crippen LogP contribution is -2.49. The molecule has 1 aliphatic heterocycles. The van der Waals surface area contributed by atoms with Crippen molar-refractivity contribution in [1.82, 2.24) is 9.80 Å². The normalized spacial score (nSPS) is 14.8. The van der Waals surface area contributed by atoms with Crippen LogP contribution in [0.2, 0.25) is 0 Å². The molecule has 1 amide bonds. The monoisotopic (exact) mass is 368 g/mol. The van der Waals surface area contributed by atoms with Crippen molar-refractivity contribution < 1.29 is 19.4 Å². The Labute approximate surface area is 159 Å². The van der Waals surface area contributed by atoms with Crippen LogP contribution in [-0.4, -0.2) is 59.6 Å². The first-order valence-electron chi connectivity index (χ1n) is 9.04. The number of amides is 1. The number of ether oxygens (including phenoxy) is 1. The third-order valence-corrected chi connectivity index (χ3v) is 4.67. The third kappa shape index (κ3) is 5.08. The van der Waals surface area contributed by atoms with Gasteiger partial charge in [-0.2, -0.15) is 0 Å². The second-order valence-corrected chi connectivity index (χ2v) is 6.74. The van der Waals surface area contributed by atoms with Gasteiger partial charge in [0.15, 0.2) is 6.61 Å². The minimum absolute atomic E-state index is 0.0791. The molecule has 1 fully saturated rings. The number of hydrogen-bond acceptors (Lipinski definition) is 5. The summed E-state index contributed by atoms with van der Waals surface area (Å²) in [7, 11) is 0. The highest BCUT2D eigenvalue weighted by Gasteiger charge is 2.23. The quantitative estimate of drug-likeness (QED) is 0.820. The first-order valence-corrected chi connectivity index (χ1v) is 9.04. The summed E-state index contributed by atoms with van der Waals surface area (Å²) in [4.78, 5) is 28.4. The van der Waals surface area contributed by atoms with Gasteiger partial charge in [0.1, 0.15) is 11.3 Å². The second kappa shape index (κ2) is 8.68. The number of nitrogens with zero attached hydrogens (tertiary/aromatic N) is 2. The van der Waals surface area contributed by atoms with Crippen LogP contribution in [0.15, 0.2) is 48.5 Å². The number of hydrogen-bond donors (Lipinski definition) is 1. The molecule has 6 heteroatoms. The Bertz CT molecular complexity index is 799. The summed E-state index contributed by atoms with van der Waals surface area (Å²) in [5.41, 5.74) is 2.17. The summed E-state index contributed by atoms with van der Waals surface area (Å²) in [5.74, 6) is -1.05. The molecule has 0 spiro atoms. The largest absolute Gasteiger partial charge is 0.507 e. The zero-order valence-electron chi connectivity index (χ0n) is 15.4. The SMILES string of the molecule is Cc1ccc(O)c(C(=O)OCC(=O)N2CCN(Cc3ccccc3)CC2)c1. The maximum Gasteiger partial charge on any atom is 0.342 e. The number of phenolic OH excluding ortho intramolecular Hbond substituents is 1. The van der Waals surface area contributed by atoms with Crippen LogP contribution < -0.4 is 0 Å². The summed E-state index contributed by atoms with van der Waals surface area (Å²) in [6.07, 6.45) is 0. The van der Waals surface area contributed by atoms with E-state index in [2.05, 4.69) is 17.0 Å². The highest BCUT2D eigenvalue weighted by atomic mass is 16.5. The van der Waals surface area contributed by atoms with Gasteiger partial charge in [0, 0.05) is 32.7 Å². The van der Waals surface area contributed by atoms with Crippen LogP contribution in [0.5, 0.6) is 5.75 Å². The van der Waals surface area contributed by atoms with Gasteiger partial charge in [-0.05, 0) is 24.6 Å². The van der Waals surface area contributed by atoms with Crippen molar-refractivity contribution >= 4 is 11.9 Å². The van der Waals surface area contributed by atoms with Gasteiger partial charge >= 0.3 is 5.97 Å². The fourth-order valence-electron chi connectivity index (χ4n) is 3.11. The molecule has 27 heavy (non-hydrogen) atoms. The number of carbonyl (C=O) groups excluding carboxylic acids is 2. The molecular weight excluding hydrogens is 344 g/mol. The minimum Gasteiger partial charge on any atom is -0.507 e.